The molecular weight excluding hydrogens is 370 g/mol. The molecule has 1 aromatic heterocycles. The number of benzene rings is 1. The second kappa shape index (κ2) is 7.42. The van der Waals surface area contributed by atoms with Gasteiger partial charge in [0.2, 0.25) is 11.7 Å². The number of hydrogen-bond acceptors (Lipinski definition) is 7. The van der Waals surface area contributed by atoms with Gasteiger partial charge in [-0.2, -0.15) is 5.10 Å². The molecule has 2 rings (SSSR count). The van der Waals surface area contributed by atoms with Crippen LogP contribution in [0.4, 0.5) is 5.69 Å². The molecule has 10 heteroatoms. The number of carbonyl (C=O) groups is 1. The van der Waals surface area contributed by atoms with Crippen molar-refractivity contribution in [3.8, 4) is 5.88 Å². The highest BCUT2D eigenvalue weighted by molar-refractivity contribution is 7.90. The minimum atomic E-state index is -3.61. The molecule has 0 radical (unpaired) electrons. The number of aromatic hydroxyl groups is 1. The van der Waals surface area contributed by atoms with E-state index in [2.05, 4.69) is 10.4 Å². The Labute approximate surface area is 150 Å². The fraction of sp³-hybridized carbons (Fsp3) is 0.333. The number of rotatable bonds is 7. The lowest BCUT2D eigenvalue weighted by Gasteiger charge is -2.14. The summed E-state index contributed by atoms with van der Waals surface area (Å²) in [5.41, 5.74) is 0.0101. The number of aromatic nitrogens is 2. The van der Waals surface area contributed by atoms with Crippen LogP contribution in [-0.4, -0.2) is 53.6 Å². The molecule has 136 valence electrons. The minimum absolute atomic E-state index is 0.0143. The number of hydrogen-bond donors (Lipinski definition) is 3. The molecule has 0 atom stereocenters. The van der Waals surface area contributed by atoms with E-state index in [-0.39, 0.29) is 45.8 Å². The number of halogens is 1. The van der Waals surface area contributed by atoms with E-state index in [1.54, 1.807) is 6.92 Å². The van der Waals surface area contributed by atoms with Crippen LogP contribution in [0.5, 0.6) is 5.88 Å². The van der Waals surface area contributed by atoms with Gasteiger partial charge in [-0.15, -0.1) is 0 Å². The molecule has 0 bridgehead atoms. The predicted octanol–water partition coefficient (Wildman–Crippen LogP) is 1.30. The molecule has 0 amide bonds. The topological polar surface area (TPSA) is 122 Å². The molecule has 25 heavy (non-hydrogen) atoms. The molecule has 1 aromatic carbocycles. The molecule has 0 aliphatic carbocycles. The fourth-order valence-corrected chi connectivity index (χ4v) is 3.54. The number of anilines is 1. The van der Waals surface area contributed by atoms with E-state index < -0.39 is 15.6 Å². The number of nitrogens with zero attached hydrogens (tertiary/aromatic N) is 2. The molecule has 0 unspecified atom stereocenters. The molecule has 0 saturated heterocycles. The average molecular weight is 388 g/mol. The van der Waals surface area contributed by atoms with Gasteiger partial charge < -0.3 is 15.5 Å². The fourth-order valence-electron chi connectivity index (χ4n) is 2.30. The van der Waals surface area contributed by atoms with E-state index >= 15 is 0 Å². The number of aryl methyl sites for hydroxylation is 1. The summed E-state index contributed by atoms with van der Waals surface area (Å²) in [7, 11) is -3.61. The molecule has 2 aromatic rings. The summed E-state index contributed by atoms with van der Waals surface area (Å²) < 4.78 is 25.1. The zero-order valence-corrected chi connectivity index (χ0v) is 15.2. The van der Waals surface area contributed by atoms with Crippen molar-refractivity contribution in [2.45, 2.75) is 18.4 Å². The van der Waals surface area contributed by atoms with Gasteiger partial charge in [0, 0.05) is 24.9 Å². The smallest absolute Gasteiger partial charge is 0.220 e. The zero-order valence-electron chi connectivity index (χ0n) is 13.7. The molecular formula is C15H18ClN3O5S. The zero-order chi connectivity index (χ0) is 18.8. The SMILES string of the molecule is CCn1ncc(C(=O)c2ccc(S(C)(=O)=O)c(NCCO)c2Cl)c1O. The summed E-state index contributed by atoms with van der Waals surface area (Å²) in [4.78, 5) is 12.6. The summed E-state index contributed by atoms with van der Waals surface area (Å²) in [6, 6.07) is 2.54. The van der Waals surface area contributed by atoms with Gasteiger partial charge in [0.05, 0.1) is 28.4 Å². The van der Waals surface area contributed by atoms with Crippen LogP contribution >= 0.6 is 11.6 Å². The lowest BCUT2D eigenvalue weighted by Crippen LogP contribution is -2.13. The Balaban J connectivity index is 2.58. The second-order valence-corrected chi connectivity index (χ2v) is 7.61. The maximum absolute atomic E-state index is 12.7. The third kappa shape index (κ3) is 3.78. The van der Waals surface area contributed by atoms with Crippen molar-refractivity contribution in [3.63, 3.8) is 0 Å². The van der Waals surface area contributed by atoms with Crippen molar-refractivity contribution >= 4 is 32.9 Å². The van der Waals surface area contributed by atoms with Gasteiger partial charge in [-0.1, -0.05) is 11.6 Å². The van der Waals surface area contributed by atoms with Crippen molar-refractivity contribution in [2.75, 3.05) is 24.7 Å². The first-order valence-corrected chi connectivity index (χ1v) is 9.66. The van der Waals surface area contributed by atoms with Crippen LogP contribution in [0.2, 0.25) is 5.02 Å². The largest absolute Gasteiger partial charge is 0.493 e. The van der Waals surface area contributed by atoms with Crippen molar-refractivity contribution in [2.24, 2.45) is 0 Å². The Bertz CT molecular complexity index is 908. The highest BCUT2D eigenvalue weighted by atomic mass is 35.5. The van der Waals surface area contributed by atoms with E-state index in [9.17, 15) is 18.3 Å². The van der Waals surface area contributed by atoms with E-state index in [0.29, 0.717) is 6.54 Å². The number of sulfone groups is 1. The van der Waals surface area contributed by atoms with Crippen LogP contribution in [0.15, 0.2) is 23.2 Å². The van der Waals surface area contributed by atoms with Gasteiger partial charge in [0.25, 0.3) is 0 Å². The third-order valence-electron chi connectivity index (χ3n) is 3.52. The van der Waals surface area contributed by atoms with Crippen molar-refractivity contribution in [1.82, 2.24) is 9.78 Å². The van der Waals surface area contributed by atoms with Crippen molar-refractivity contribution in [3.05, 3.63) is 34.5 Å². The number of carbonyl (C=O) groups excluding carboxylic acids is 1. The number of ketones is 1. The Morgan fingerprint density at radius 3 is 2.56 bits per heavy atom. The summed E-state index contributed by atoms with van der Waals surface area (Å²) in [5, 5.41) is 25.5. The van der Waals surface area contributed by atoms with Gasteiger partial charge in [-0.3, -0.25) is 4.79 Å². The third-order valence-corrected chi connectivity index (χ3v) is 5.05. The molecule has 3 N–H and O–H groups in total. The van der Waals surface area contributed by atoms with Gasteiger partial charge in [-0.05, 0) is 19.1 Å². The maximum Gasteiger partial charge on any atom is 0.220 e. The lowest BCUT2D eigenvalue weighted by molar-refractivity contribution is 0.103. The predicted molar refractivity (Wildman–Crippen MR) is 93.1 cm³/mol. The van der Waals surface area contributed by atoms with E-state index in [1.807, 2.05) is 0 Å². The van der Waals surface area contributed by atoms with Crippen molar-refractivity contribution < 1.29 is 23.4 Å². The van der Waals surface area contributed by atoms with Crippen LogP contribution in [0, 0.1) is 0 Å². The lowest BCUT2D eigenvalue weighted by atomic mass is 10.0. The summed E-state index contributed by atoms with van der Waals surface area (Å²) in [6.07, 6.45) is 2.24. The second-order valence-electron chi connectivity index (χ2n) is 5.25. The summed E-state index contributed by atoms with van der Waals surface area (Å²) >= 11 is 6.26. The standard InChI is InChI=1S/C15H18ClN3O5S/c1-3-19-15(22)10(8-18-19)14(21)9-4-5-11(25(2,23)24)13(12(9)16)17-6-7-20/h4-5,8,17,20,22H,3,6-7H2,1-2H3. The normalized spacial score (nSPS) is 11.5. The molecule has 0 fully saturated rings. The first kappa shape index (κ1) is 19.2. The average Bonchev–Trinajstić information content (AvgIpc) is 2.92. The van der Waals surface area contributed by atoms with E-state index in [1.165, 1.54) is 23.0 Å². The van der Waals surface area contributed by atoms with Crippen LogP contribution in [-0.2, 0) is 16.4 Å². The minimum Gasteiger partial charge on any atom is -0.493 e. The Kier molecular flexibility index (Phi) is 5.71. The van der Waals surface area contributed by atoms with Crippen molar-refractivity contribution in [1.29, 1.82) is 0 Å². The van der Waals surface area contributed by atoms with E-state index in [0.717, 1.165) is 6.26 Å². The van der Waals surface area contributed by atoms with Gasteiger partial charge >= 0.3 is 0 Å². The van der Waals surface area contributed by atoms with E-state index in [4.69, 9.17) is 16.7 Å². The van der Waals surface area contributed by atoms with Gasteiger partial charge in [0.15, 0.2) is 9.84 Å². The molecule has 0 saturated carbocycles. The molecule has 0 aliphatic heterocycles. The van der Waals surface area contributed by atoms with Crippen LogP contribution in [0.25, 0.3) is 0 Å². The molecule has 0 aliphatic rings. The first-order valence-electron chi connectivity index (χ1n) is 7.39. The van der Waals surface area contributed by atoms with Crippen LogP contribution in [0.3, 0.4) is 0 Å². The molecule has 0 spiro atoms. The first-order chi connectivity index (χ1) is 11.7. The maximum atomic E-state index is 12.7. The quantitative estimate of drug-likeness (QED) is 0.612. The summed E-state index contributed by atoms with van der Waals surface area (Å²) in [5.74, 6) is -0.880. The Morgan fingerprint density at radius 2 is 2.04 bits per heavy atom. The Hall–Kier alpha value is -2.10. The number of aliphatic hydroxyl groups is 1. The molecule has 1 heterocycles. The Morgan fingerprint density at radius 1 is 1.36 bits per heavy atom. The van der Waals surface area contributed by atoms with Crippen LogP contribution in [0.1, 0.15) is 22.8 Å². The molecule has 8 nitrogen and oxygen atoms in total. The van der Waals surface area contributed by atoms with Gasteiger partial charge in [-0.25, -0.2) is 13.1 Å². The number of nitrogens with one attached hydrogen (secondary N) is 1. The van der Waals surface area contributed by atoms with Gasteiger partial charge in [0.1, 0.15) is 5.56 Å². The highest BCUT2D eigenvalue weighted by Crippen LogP contribution is 2.35. The highest BCUT2D eigenvalue weighted by Gasteiger charge is 2.25. The monoisotopic (exact) mass is 387 g/mol. The summed E-state index contributed by atoms with van der Waals surface area (Å²) in [6.45, 7) is 1.94. The van der Waals surface area contributed by atoms with Crippen LogP contribution < -0.4 is 5.32 Å². The number of aliphatic hydroxyl groups excluding tert-OH is 1.